The molecule has 0 spiro atoms. The second-order valence-electron chi connectivity index (χ2n) is 3.97. The SMILES string of the molecule is COC(=O)C(C)CSCC(=O)Nc1ncc(Cl)cc1Cl. The number of nitrogens with zero attached hydrogens (tertiary/aromatic N) is 1. The van der Waals surface area contributed by atoms with E-state index in [-0.39, 0.29) is 34.4 Å². The van der Waals surface area contributed by atoms with Crippen molar-refractivity contribution in [2.75, 3.05) is 23.9 Å². The molecule has 1 unspecified atom stereocenters. The fourth-order valence-electron chi connectivity index (χ4n) is 1.27. The quantitative estimate of drug-likeness (QED) is 0.809. The van der Waals surface area contributed by atoms with Crippen LogP contribution in [0.4, 0.5) is 5.82 Å². The fraction of sp³-hybridized carbons (Fsp3) is 0.417. The summed E-state index contributed by atoms with van der Waals surface area (Å²) < 4.78 is 4.60. The van der Waals surface area contributed by atoms with Crippen LogP contribution in [0.25, 0.3) is 0 Å². The first-order valence-corrected chi connectivity index (χ1v) is 7.61. The van der Waals surface area contributed by atoms with Crippen molar-refractivity contribution in [2.24, 2.45) is 5.92 Å². The van der Waals surface area contributed by atoms with E-state index in [9.17, 15) is 9.59 Å². The highest BCUT2D eigenvalue weighted by Crippen LogP contribution is 2.22. The van der Waals surface area contributed by atoms with Crippen molar-refractivity contribution in [1.29, 1.82) is 0 Å². The van der Waals surface area contributed by atoms with Gasteiger partial charge in [-0.3, -0.25) is 9.59 Å². The molecular weight excluding hydrogens is 323 g/mol. The number of ether oxygens (including phenoxy) is 1. The van der Waals surface area contributed by atoms with E-state index in [1.807, 2.05) is 0 Å². The number of carbonyl (C=O) groups excluding carboxylic acids is 2. The minimum absolute atomic E-state index is 0.196. The molecule has 110 valence electrons. The van der Waals surface area contributed by atoms with Crippen LogP contribution >= 0.6 is 35.0 Å². The zero-order chi connectivity index (χ0) is 15.1. The number of pyridine rings is 1. The maximum Gasteiger partial charge on any atom is 0.309 e. The van der Waals surface area contributed by atoms with Gasteiger partial charge in [-0.2, -0.15) is 11.8 Å². The minimum atomic E-state index is -0.291. The minimum Gasteiger partial charge on any atom is -0.469 e. The first-order valence-electron chi connectivity index (χ1n) is 5.70. The third kappa shape index (κ3) is 5.56. The molecule has 1 aromatic rings. The first-order chi connectivity index (χ1) is 9.43. The van der Waals surface area contributed by atoms with Crippen LogP contribution in [0.1, 0.15) is 6.92 Å². The number of hydrogen-bond acceptors (Lipinski definition) is 5. The average Bonchev–Trinajstić information content (AvgIpc) is 2.41. The maximum absolute atomic E-state index is 11.7. The van der Waals surface area contributed by atoms with Gasteiger partial charge in [0, 0.05) is 11.9 Å². The van der Waals surface area contributed by atoms with Crippen molar-refractivity contribution < 1.29 is 14.3 Å². The summed E-state index contributed by atoms with van der Waals surface area (Å²) in [4.78, 5) is 26.8. The van der Waals surface area contributed by atoms with Crippen LogP contribution in [0.2, 0.25) is 10.0 Å². The van der Waals surface area contributed by atoms with Crippen molar-refractivity contribution in [1.82, 2.24) is 4.98 Å². The van der Waals surface area contributed by atoms with E-state index in [1.54, 1.807) is 6.92 Å². The van der Waals surface area contributed by atoms with Crippen LogP contribution in [-0.4, -0.2) is 35.5 Å². The van der Waals surface area contributed by atoms with E-state index in [4.69, 9.17) is 23.2 Å². The van der Waals surface area contributed by atoms with Gasteiger partial charge in [-0.1, -0.05) is 30.1 Å². The Bertz CT molecular complexity index is 500. The Morgan fingerprint density at radius 2 is 2.20 bits per heavy atom. The summed E-state index contributed by atoms with van der Waals surface area (Å²) in [6.45, 7) is 1.74. The van der Waals surface area contributed by atoms with Crippen molar-refractivity contribution in [3.05, 3.63) is 22.3 Å². The number of hydrogen-bond donors (Lipinski definition) is 1. The van der Waals surface area contributed by atoms with Gasteiger partial charge in [0.05, 0.1) is 28.8 Å². The van der Waals surface area contributed by atoms with Gasteiger partial charge in [-0.25, -0.2) is 4.98 Å². The summed E-state index contributed by atoms with van der Waals surface area (Å²) in [7, 11) is 1.34. The molecule has 5 nitrogen and oxygen atoms in total. The lowest BCUT2D eigenvalue weighted by atomic mass is 10.2. The number of rotatable bonds is 6. The Morgan fingerprint density at radius 3 is 2.80 bits per heavy atom. The third-order valence-corrected chi connectivity index (χ3v) is 3.97. The standard InChI is InChI=1S/C12H14Cl2N2O3S/c1-7(12(18)19-2)5-20-6-10(17)16-11-9(14)3-8(13)4-15-11/h3-4,7H,5-6H2,1-2H3,(H,15,16,17). The lowest BCUT2D eigenvalue weighted by Gasteiger charge is -2.09. The van der Waals surface area contributed by atoms with Crippen LogP contribution in [0.15, 0.2) is 12.3 Å². The predicted octanol–water partition coefficient (Wildman–Crippen LogP) is 2.87. The van der Waals surface area contributed by atoms with Crippen molar-refractivity contribution in [3.8, 4) is 0 Å². The highest BCUT2D eigenvalue weighted by atomic mass is 35.5. The summed E-state index contributed by atoms with van der Waals surface area (Å²) >= 11 is 12.9. The molecule has 0 aliphatic rings. The van der Waals surface area contributed by atoms with E-state index in [0.29, 0.717) is 10.8 Å². The van der Waals surface area contributed by atoms with Crippen molar-refractivity contribution >= 4 is 52.7 Å². The van der Waals surface area contributed by atoms with Crippen molar-refractivity contribution in [2.45, 2.75) is 6.92 Å². The van der Waals surface area contributed by atoms with Gasteiger partial charge in [-0.15, -0.1) is 0 Å². The summed E-state index contributed by atoms with van der Waals surface area (Å²) in [5, 5.41) is 3.25. The summed E-state index contributed by atoms with van der Waals surface area (Å²) in [6.07, 6.45) is 1.40. The monoisotopic (exact) mass is 336 g/mol. The predicted molar refractivity (Wildman–Crippen MR) is 81.4 cm³/mol. The second-order valence-corrected chi connectivity index (χ2v) is 5.85. The molecule has 1 N–H and O–H groups in total. The van der Waals surface area contributed by atoms with Gasteiger partial charge < -0.3 is 10.1 Å². The summed E-state index contributed by atoms with van der Waals surface area (Å²) in [5.41, 5.74) is 0. The summed E-state index contributed by atoms with van der Waals surface area (Å²) in [5.74, 6) is 0.172. The molecule has 0 fully saturated rings. The molecule has 1 aromatic heterocycles. The molecule has 0 bridgehead atoms. The van der Waals surface area contributed by atoms with E-state index >= 15 is 0 Å². The third-order valence-electron chi connectivity index (χ3n) is 2.27. The van der Waals surface area contributed by atoms with Crippen LogP contribution in [0, 0.1) is 5.92 Å². The van der Waals surface area contributed by atoms with Crippen LogP contribution in [-0.2, 0) is 14.3 Å². The largest absolute Gasteiger partial charge is 0.469 e. The van der Waals surface area contributed by atoms with Gasteiger partial charge in [0.1, 0.15) is 0 Å². The van der Waals surface area contributed by atoms with E-state index < -0.39 is 0 Å². The number of thioether (sulfide) groups is 1. The lowest BCUT2D eigenvalue weighted by Crippen LogP contribution is -2.19. The number of esters is 1. The molecule has 0 aromatic carbocycles. The van der Waals surface area contributed by atoms with E-state index in [1.165, 1.54) is 31.1 Å². The Morgan fingerprint density at radius 1 is 1.50 bits per heavy atom. The van der Waals surface area contributed by atoms with Gasteiger partial charge >= 0.3 is 5.97 Å². The van der Waals surface area contributed by atoms with Crippen LogP contribution < -0.4 is 5.32 Å². The highest BCUT2D eigenvalue weighted by Gasteiger charge is 2.14. The molecule has 1 rings (SSSR count). The molecule has 1 amide bonds. The molecule has 0 saturated carbocycles. The molecule has 1 atom stereocenters. The number of anilines is 1. The van der Waals surface area contributed by atoms with E-state index in [0.717, 1.165) is 0 Å². The topological polar surface area (TPSA) is 68.3 Å². The number of aromatic nitrogens is 1. The molecule has 0 aliphatic carbocycles. The van der Waals surface area contributed by atoms with E-state index in [2.05, 4.69) is 15.0 Å². The van der Waals surface area contributed by atoms with Crippen LogP contribution in [0.3, 0.4) is 0 Å². The molecular formula is C12H14Cl2N2O3S. The molecule has 0 saturated heterocycles. The Hall–Kier alpha value is -0.980. The smallest absolute Gasteiger partial charge is 0.309 e. The molecule has 8 heteroatoms. The molecule has 0 radical (unpaired) electrons. The van der Waals surface area contributed by atoms with Gasteiger partial charge in [0.15, 0.2) is 5.82 Å². The average molecular weight is 337 g/mol. The van der Waals surface area contributed by atoms with Gasteiger partial charge in [0.25, 0.3) is 0 Å². The fourth-order valence-corrected chi connectivity index (χ4v) is 2.56. The summed E-state index contributed by atoms with van der Waals surface area (Å²) in [6, 6.07) is 1.50. The van der Waals surface area contributed by atoms with Crippen LogP contribution in [0.5, 0.6) is 0 Å². The molecule has 20 heavy (non-hydrogen) atoms. The normalized spacial score (nSPS) is 11.8. The van der Waals surface area contributed by atoms with Gasteiger partial charge in [-0.05, 0) is 6.07 Å². The molecule has 0 aliphatic heterocycles. The number of carbonyl (C=O) groups is 2. The second kappa shape index (κ2) is 8.34. The number of halogens is 2. The Kier molecular flexibility index (Phi) is 7.12. The number of methoxy groups -OCH3 is 1. The number of nitrogens with one attached hydrogen (secondary N) is 1. The Labute approximate surface area is 131 Å². The highest BCUT2D eigenvalue weighted by molar-refractivity contribution is 8.00. The van der Waals surface area contributed by atoms with Gasteiger partial charge in [0.2, 0.25) is 5.91 Å². The zero-order valence-corrected chi connectivity index (χ0v) is 13.3. The van der Waals surface area contributed by atoms with Crippen molar-refractivity contribution in [3.63, 3.8) is 0 Å². The maximum atomic E-state index is 11.7. The first kappa shape index (κ1) is 17.1. The Balaban J connectivity index is 2.39. The number of amides is 1. The molecule has 1 heterocycles. The zero-order valence-electron chi connectivity index (χ0n) is 11.0. The lowest BCUT2D eigenvalue weighted by molar-refractivity contribution is -0.144.